The minimum atomic E-state index is -2.80. The smallest absolute Gasteiger partial charge is 0.314 e. The van der Waals surface area contributed by atoms with E-state index in [1.54, 1.807) is 6.20 Å². The second kappa shape index (κ2) is 6.50. The molecule has 1 atom stereocenters. The van der Waals surface area contributed by atoms with Gasteiger partial charge in [0.1, 0.15) is 0 Å². The molecule has 1 saturated carbocycles. The molecule has 1 unspecified atom stereocenters. The van der Waals surface area contributed by atoms with E-state index in [2.05, 4.69) is 30.5 Å². The molecule has 0 bridgehead atoms. The topological polar surface area (TPSA) is 89.6 Å². The van der Waals surface area contributed by atoms with Gasteiger partial charge in [0.2, 0.25) is 5.95 Å². The zero-order valence-corrected chi connectivity index (χ0v) is 13.0. The summed E-state index contributed by atoms with van der Waals surface area (Å²) in [6, 6.07) is 5.83. The molecule has 0 saturated heterocycles. The summed E-state index contributed by atoms with van der Waals surface area (Å²) in [7, 11) is 0. The number of halogens is 2. The van der Waals surface area contributed by atoms with Crippen LogP contribution in [0.2, 0.25) is 0 Å². The van der Waals surface area contributed by atoms with Crippen molar-refractivity contribution in [1.82, 2.24) is 25.1 Å². The van der Waals surface area contributed by atoms with Gasteiger partial charge in [0.25, 0.3) is 11.8 Å². The molecule has 25 heavy (non-hydrogen) atoms. The third kappa shape index (κ3) is 3.44. The number of hydrogen-bond donors (Lipinski definition) is 1. The van der Waals surface area contributed by atoms with E-state index >= 15 is 0 Å². The van der Waals surface area contributed by atoms with Crippen LogP contribution in [0.4, 0.5) is 14.7 Å². The van der Waals surface area contributed by atoms with Gasteiger partial charge in [0, 0.05) is 18.6 Å². The largest absolute Gasteiger partial charge is 0.415 e. The minimum Gasteiger partial charge on any atom is -0.415 e. The van der Waals surface area contributed by atoms with E-state index < -0.39 is 12.3 Å². The number of nitrogens with zero attached hydrogens (tertiary/aromatic N) is 5. The molecule has 3 aromatic heterocycles. The number of hydrogen-bond acceptors (Lipinski definition) is 7. The summed E-state index contributed by atoms with van der Waals surface area (Å²) in [6.07, 6.45) is 4.13. The van der Waals surface area contributed by atoms with Crippen molar-refractivity contribution in [2.24, 2.45) is 5.92 Å². The fourth-order valence-corrected chi connectivity index (χ4v) is 2.51. The average molecular weight is 344 g/mol. The molecule has 1 fully saturated rings. The van der Waals surface area contributed by atoms with Crippen molar-refractivity contribution in [3.05, 3.63) is 48.4 Å². The molecule has 0 aliphatic heterocycles. The molecule has 1 N–H and O–H groups in total. The maximum Gasteiger partial charge on any atom is 0.314 e. The number of alkyl halides is 2. The Bertz CT molecular complexity index is 835. The summed E-state index contributed by atoms with van der Waals surface area (Å²) in [6.45, 7) is 0. The van der Waals surface area contributed by atoms with Gasteiger partial charge < -0.3 is 9.73 Å². The van der Waals surface area contributed by atoms with Crippen LogP contribution in [-0.2, 0) is 0 Å². The summed E-state index contributed by atoms with van der Waals surface area (Å²) in [5, 5.41) is 10.2. The molecule has 9 heteroatoms. The summed E-state index contributed by atoms with van der Waals surface area (Å²) in [5.41, 5.74) is 1.32. The zero-order valence-electron chi connectivity index (χ0n) is 13.0. The second-order valence-corrected chi connectivity index (χ2v) is 5.76. The maximum absolute atomic E-state index is 12.5. The van der Waals surface area contributed by atoms with Gasteiger partial charge in [-0.1, -0.05) is 6.07 Å². The first-order chi connectivity index (χ1) is 12.2. The van der Waals surface area contributed by atoms with Crippen LogP contribution in [0.15, 0.2) is 41.2 Å². The first kappa shape index (κ1) is 15.6. The molecular formula is C16H14F2N6O. The van der Waals surface area contributed by atoms with Gasteiger partial charge in [0.15, 0.2) is 0 Å². The first-order valence-corrected chi connectivity index (χ1v) is 7.82. The molecule has 1 aliphatic carbocycles. The van der Waals surface area contributed by atoms with Gasteiger partial charge in [0.05, 0.1) is 17.3 Å². The van der Waals surface area contributed by atoms with Crippen LogP contribution in [0, 0.1) is 5.92 Å². The quantitative estimate of drug-likeness (QED) is 0.733. The summed E-state index contributed by atoms with van der Waals surface area (Å²) >= 11 is 0. The monoisotopic (exact) mass is 344 g/mol. The third-order valence-corrected chi connectivity index (χ3v) is 3.91. The Morgan fingerprint density at radius 3 is 2.48 bits per heavy atom. The van der Waals surface area contributed by atoms with Crippen molar-refractivity contribution < 1.29 is 13.2 Å². The molecule has 3 aromatic rings. The van der Waals surface area contributed by atoms with E-state index in [-0.39, 0.29) is 11.9 Å². The van der Waals surface area contributed by atoms with Gasteiger partial charge in [-0.3, -0.25) is 4.98 Å². The normalized spacial score (nSPS) is 15.3. The fourth-order valence-electron chi connectivity index (χ4n) is 2.51. The lowest BCUT2D eigenvalue weighted by atomic mass is 10.1. The predicted molar refractivity (Wildman–Crippen MR) is 83.6 cm³/mol. The highest BCUT2D eigenvalue weighted by Crippen LogP contribution is 2.41. The van der Waals surface area contributed by atoms with Crippen LogP contribution < -0.4 is 5.32 Å². The molecule has 128 valence electrons. The maximum atomic E-state index is 12.5. The van der Waals surface area contributed by atoms with E-state index in [0.717, 1.165) is 18.5 Å². The van der Waals surface area contributed by atoms with Gasteiger partial charge in [-0.25, -0.2) is 9.97 Å². The lowest BCUT2D eigenvalue weighted by Gasteiger charge is -2.17. The van der Waals surface area contributed by atoms with Gasteiger partial charge in [-0.15, -0.1) is 10.2 Å². The van der Waals surface area contributed by atoms with Crippen molar-refractivity contribution in [2.45, 2.75) is 25.3 Å². The summed E-state index contributed by atoms with van der Waals surface area (Å²) in [4.78, 5) is 12.8. The van der Waals surface area contributed by atoms with Crippen molar-refractivity contribution in [1.29, 1.82) is 0 Å². The van der Waals surface area contributed by atoms with Crippen molar-refractivity contribution in [3.8, 4) is 11.5 Å². The molecule has 4 rings (SSSR count). The Morgan fingerprint density at radius 1 is 1.08 bits per heavy atom. The van der Waals surface area contributed by atoms with Crippen LogP contribution in [0.25, 0.3) is 11.5 Å². The lowest BCUT2D eigenvalue weighted by molar-refractivity contribution is 0.116. The predicted octanol–water partition coefficient (Wildman–Crippen LogP) is 3.42. The van der Waals surface area contributed by atoms with Crippen LogP contribution >= 0.6 is 0 Å². The van der Waals surface area contributed by atoms with Gasteiger partial charge in [-0.05, 0) is 30.9 Å². The minimum absolute atomic E-state index is 0.0367. The van der Waals surface area contributed by atoms with Crippen LogP contribution in [0.1, 0.15) is 36.9 Å². The average Bonchev–Trinajstić information content (AvgIpc) is 3.36. The highest BCUT2D eigenvalue weighted by molar-refractivity contribution is 5.50. The van der Waals surface area contributed by atoms with Crippen molar-refractivity contribution in [2.75, 3.05) is 5.32 Å². The second-order valence-electron chi connectivity index (χ2n) is 5.76. The highest BCUT2D eigenvalue weighted by atomic mass is 19.3. The van der Waals surface area contributed by atoms with E-state index in [0.29, 0.717) is 17.4 Å². The third-order valence-electron chi connectivity index (χ3n) is 3.91. The van der Waals surface area contributed by atoms with Gasteiger partial charge in [-0.2, -0.15) is 8.78 Å². The Kier molecular flexibility index (Phi) is 4.04. The standard InChI is InChI=1S/C16H14F2N6O/c17-13(18)15-24-23-14(25-15)10-7-20-16(21-8-10)22-12(9-4-5-9)11-3-1-2-6-19-11/h1-3,6-9,12-13H,4-5H2,(H,20,21,22). The highest BCUT2D eigenvalue weighted by Gasteiger charge is 2.33. The molecule has 1 aliphatic rings. The summed E-state index contributed by atoms with van der Waals surface area (Å²) in [5.74, 6) is 0.175. The Labute approximate surface area is 141 Å². The summed E-state index contributed by atoms with van der Waals surface area (Å²) < 4.78 is 29.9. The molecule has 0 aromatic carbocycles. The molecule has 7 nitrogen and oxygen atoms in total. The van der Waals surface area contributed by atoms with E-state index in [4.69, 9.17) is 4.42 Å². The first-order valence-electron chi connectivity index (χ1n) is 7.82. The molecule has 3 heterocycles. The van der Waals surface area contributed by atoms with E-state index in [1.165, 1.54) is 12.4 Å². The van der Waals surface area contributed by atoms with Crippen LogP contribution in [-0.4, -0.2) is 25.1 Å². The number of anilines is 1. The number of nitrogens with one attached hydrogen (secondary N) is 1. The Hall–Kier alpha value is -2.97. The SMILES string of the molecule is FC(F)c1nnc(-c2cnc(NC(c3ccccn3)C3CC3)nc2)o1. The van der Waals surface area contributed by atoms with Crippen molar-refractivity contribution in [3.63, 3.8) is 0 Å². The number of pyridine rings is 1. The molecule has 0 amide bonds. The zero-order chi connectivity index (χ0) is 17.2. The lowest BCUT2D eigenvalue weighted by Crippen LogP contribution is -2.16. The molecular weight excluding hydrogens is 330 g/mol. The van der Waals surface area contributed by atoms with Crippen LogP contribution in [0.5, 0.6) is 0 Å². The van der Waals surface area contributed by atoms with Gasteiger partial charge >= 0.3 is 6.43 Å². The number of aromatic nitrogens is 5. The van der Waals surface area contributed by atoms with Crippen LogP contribution in [0.3, 0.4) is 0 Å². The number of rotatable bonds is 6. The fraction of sp³-hybridized carbons (Fsp3) is 0.312. The molecule has 0 spiro atoms. The van der Waals surface area contributed by atoms with E-state index in [1.807, 2.05) is 18.2 Å². The van der Waals surface area contributed by atoms with E-state index in [9.17, 15) is 8.78 Å². The Balaban J connectivity index is 1.51. The van der Waals surface area contributed by atoms with Crippen molar-refractivity contribution >= 4 is 5.95 Å². The Morgan fingerprint density at radius 2 is 1.88 bits per heavy atom. The molecule has 0 radical (unpaired) electrons.